The number of benzene rings is 1. The lowest BCUT2D eigenvalue weighted by Crippen LogP contribution is -1.99. The van der Waals surface area contributed by atoms with Crippen molar-refractivity contribution in [3.63, 3.8) is 0 Å². The normalized spacial score (nSPS) is 10.6. The van der Waals surface area contributed by atoms with Gasteiger partial charge >= 0.3 is 0 Å². The van der Waals surface area contributed by atoms with Crippen molar-refractivity contribution >= 4 is 5.82 Å². The quantitative estimate of drug-likeness (QED) is 0.814. The Morgan fingerprint density at radius 1 is 0.882 bits per heavy atom. The highest BCUT2D eigenvalue weighted by molar-refractivity contribution is 5.70. The molecule has 0 saturated carbocycles. The second kappa shape index (κ2) is 4.17. The summed E-state index contributed by atoms with van der Waals surface area (Å²) in [6, 6.07) is 5.92. The maximum atomic E-state index is 5.57. The Bertz CT molecular complexity index is 530. The SMILES string of the molecule is Cc1cc(C)c(C)c(-c2ccc(N)nn2)c1C. The fourth-order valence-electron chi connectivity index (χ4n) is 2.08. The molecular weight excluding hydrogens is 210 g/mol. The zero-order valence-electron chi connectivity index (χ0n) is 10.7. The molecule has 2 N–H and O–H groups in total. The number of aromatic nitrogens is 2. The molecule has 3 nitrogen and oxygen atoms in total. The molecule has 0 aliphatic rings. The summed E-state index contributed by atoms with van der Waals surface area (Å²) in [5, 5.41) is 8.10. The molecule has 0 unspecified atom stereocenters. The van der Waals surface area contributed by atoms with Crippen LogP contribution in [0.3, 0.4) is 0 Å². The first-order chi connectivity index (χ1) is 8.00. The molecule has 0 amide bonds. The van der Waals surface area contributed by atoms with Gasteiger partial charge in [-0.1, -0.05) is 6.07 Å². The molecule has 3 heteroatoms. The average molecular weight is 227 g/mol. The number of anilines is 1. The van der Waals surface area contributed by atoms with E-state index in [4.69, 9.17) is 5.73 Å². The van der Waals surface area contributed by atoms with E-state index in [0.29, 0.717) is 5.82 Å². The van der Waals surface area contributed by atoms with Crippen LogP contribution in [0.2, 0.25) is 0 Å². The van der Waals surface area contributed by atoms with Crippen LogP contribution >= 0.6 is 0 Å². The van der Waals surface area contributed by atoms with E-state index in [0.717, 1.165) is 5.69 Å². The van der Waals surface area contributed by atoms with Crippen LogP contribution in [0, 0.1) is 27.7 Å². The van der Waals surface area contributed by atoms with Gasteiger partial charge in [0, 0.05) is 5.56 Å². The van der Waals surface area contributed by atoms with Gasteiger partial charge in [-0.25, -0.2) is 0 Å². The topological polar surface area (TPSA) is 51.8 Å². The molecule has 0 bridgehead atoms. The molecular formula is C14H17N3. The van der Waals surface area contributed by atoms with Crippen molar-refractivity contribution in [2.45, 2.75) is 27.7 Å². The molecule has 1 heterocycles. The van der Waals surface area contributed by atoms with E-state index in [1.165, 1.54) is 27.8 Å². The number of nitrogens with two attached hydrogens (primary N) is 1. The van der Waals surface area contributed by atoms with Crippen LogP contribution in [0.25, 0.3) is 11.3 Å². The van der Waals surface area contributed by atoms with Crippen LogP contribution in [-0.2, 0) is 0 Å². The smallest absolute Gasteiger partial charge is 0.146 e. The van der Waals surface area contributed by atoms with Gasteiger partial charge in [0.2, 0.25) is 0 Å². The molecule has 2 rings (SSSR count). The first-order valence-corrected chi connectivity index (χ1v) is 5.67. The Hall–Kier alpha value is -1.90. The van der Waals surface area contributed by atoms with Gasteiger partial charge in [0.1, 0.15) is 5.82 Å². The van der Waals surface area contributed by atoms with Gasteiger partial charge in [-0.2, -0.15) is 0 Å². The number of nitrogen functional groups attached to an aromatic ring is 1. The standard InChI is InChI=1S/C14H17N3/c1-8-7-9(2)11(4)14(10(8)3)12-5-6-13(15)17-16-12/h5-7H,1-4H3,(H2,15,17). The molecule has 2 aromatic rings. The Morgan fingerprint density at radius 3 is 1.94 bits per heavy atom. The van der Waals surface area contributed by atoms with Crippen LogP contribution in [0.5, 0.6) is 0 Å². The minimum absolute atomic E-state index is 0.452. The molecule has 0 atom stereocenters. The Morgan fingerprint density at radius 2 is 1.47 bits per heavy atom. The molecule has 0 spiro atoms. The summed E-state index contributed by atoms with van der Waals surface area (Å²) < 4.78 is 0. The third-order valence-corrected chi connectivity index (χ3v) is 3.31. The molecule has 17 heavy (non-hydrogen) atoms. The first-order valence-electron chi connectivity index (χ1n) is 5.67. The first kappa shape index (κ1) is 11.6. The van der Waals surface area contributed by atoms with Crippen LogP contribution in [0.4, 0.5) is 5.82 Å². The van der Waals surface area contributed by atoms with Crippen molar-refractivity contribution in [2.75, 3.05) is 5.73 Å². The van der Waals surface area contributed by atoms with Crippen LogP contribution in [-0.4, -0.2) is 10.2 Å². The maximum Gasteiger partial charge on any atom is 0.146 e. The number of aryl methyl sites for hydroxylation is 2. The predicted octanol–water partition coefficient (Wildman–Crippen LogP) is 2.96. The minimum atomic E-state index is 0.452. The fraction of sp³-hybridized carbons (Fsp3) is 0.286. The molecule has 0 fully saturated rings. The Balaban J connectivity index is 2.70. The van der Waals surface area contributed by atoms with Crippen LogP contribution in [0.1, 0.15) is 22.3 Å². The zero-order chi connectivity index (χ0) is 12.6. The van der Waals surface area contributed by atoms with E-state index in [9.17, 15) is 0 Å². The van der Waals surface area contributed by atoms with Crippen molar-refractivity contribution in [3.05, 3.63) is 40.5 Å². The third kappa shape index (κ3) is 2.00. The molecule has 0 radical (unpaired) electrons. The summed E-state index contributed by atoms with van der Waals surface area (Å²) in [5.74, 6) is 0.452. The summed E-state index contributed by atoms with van der Waals surface area (Å²) >= 11 is 0. The van der Waals surface area contributed by atoms with Crippen molar-refractivity contribution in [1.29, 1.82) is 0 Å². The Labute approximate surface area is 102 Å². The van der Waals surface area contributed by atoms with Crippen molar-refractivity contribution in [3.8, 4) is 11.3 Å². The fourth-order valence-corrected chi connectivity index (χ4v) is 2.08. The predicted molar refractivity (Wildman–Crippen MR) is 70.8 cm³/mol. The van der Waals surface area contributed by atoms with E-state index < -0.39 is 0 Å². The van der Waals surface area contributed by atoms with Crippen molar-refractivity contribution in [1.82, 2.24) is 10.2 Å². The summed E-state index contributed by atoms with van der Waals surface area (Å²) in [7, 11) is 0. The van der Waals surface area contributed by atoms with E-state index in [1.807, 2.05) is 6.07 Å². The molecule has 0 aliphatic carbocycles. The lowest BCUT2D eigenvalue weighted by molar-refractivity contribution is 1.04. The highest BCUT2D eigenvalue weighted by atomic mass is 15.1. The minimum Gasteiger partial charge on any atom is -0.382 e. The average Bonchev–Trinajstić information content (AvgIpc) is 2.29. The van der Waals surface area contributed by atoms with E-state index >= 15 is 0 Å². The zero-order valence-corrected chi connectivity index (χ0v) is 10.7. The summed E-state index contributed by atoms with van der Waals surface area (Å²) in [6.07, 6.45) is 0. The van der Waals surface area contributed by atoms with Gasteiger partial charge in [0.05, 0.1) is 5.69 Å². The third-order valence-electron chi connectivity index (χ3n) is 3.31. The van der Waals surface area contributed by atoms with Crippen molar-refractivity contribution in [2.24, 2.45) is 0 Å². The molecule has 1 aromatic carbocycles. The lowest BCUT2D eigenvalue weighted by atomic mass is 9.92. The second-order valence-electron chi connectivity index (χ2n) is 4.48. The van der Waals surface area contributed by atoms with E-state index in [2.05, 4.69) is 44.0 Å². The van der Waals surface area contributed by atoms with E-state index in [-0.39, 0.29) is 0 Å². The van der Waals surface area contributed by atoms with E-state index in [1.54, 1.807) is 6.07 Å². The second-order valence-corrected chi connectivity index (χ2v) is 4.48. The number of nitrogens with zero attached hydrogens (tertiary/aromatic N) is 2. The van der Waals surface area contributed by atoms with Gasteiger partial charge in [-0.3, -0.25) is 0 Å². The van der Waals surface area contributed by atoms with Gasteiger partial charge in [-0.15, -0.1) is 10.2 Å². The van der Waals surface area contributed by atoms with Gasteiger partial charge in [0.25, 0.3) is 0 Å². The van der Waals surface area contributed by atoms with Crippen molar-refractivity contribution < 1.29 is 0 Å². The summed E-state index contributed by atoms with van der Waals surface area (Å²) in [6.45, 7) is 8.48. The highest BCUT2D eigenvalue weighted by Crippen LogP contribution is 2.29. The summed E-state index contributed by atoms with van der Waals surface area (Å²) in [5.41, 5.74) is 12.7. The lowest BCUT2D eigenvalue weighted by Gasteiger charge is -2.14. The molecule has 0 saturated heterocycles. The molecule has 1 aromatic heterocycles. The summed E-state index contributed by atoms with van der Waals surface area (Å²) in [4.78, 5) is 0. The molecule has 88 valence electrons. The number of rotatable bonds is 1. The largest absolute Gasteiger partial charge is 0.382 e. The number of hydrogen-bond donors (Lipinski definition) is 1. The maximum absolute atomic E-state index is 5.57. The van der Waals surface area contributed by atoms with Crippen LogP contribution < -0.4 is 5.73 Å². The van der Waals surface area contributed by atoms with Gasteiger partial charge < -0.3 is 5.73 Å². The number of hydrogen-bond acceptors (Lipinski definition) is 3. The van der Waals surface area contributed by atoms with Crippen LogP contribution in [0.15, 0.2) is 18.2 Å². The van der Waals surface area contributed by atoms with Gasteiger partial charge in [-0.05, 0) is 62.1 Å². The molecule has 0 aliphatic heterocycles. The monoisotopic (exact) mass is 227 g/mol. The highest BCUT2D eigenvalue weighted by Gasteiger charge is 2.11. The van der Waals surface area contributed by atoms with Gasteiger partial charge in [0.15, 0.2) is 0 Å². The Kier molecular flexibility index (Phi) is 2.84.